The van der Waals surface area contributed by atoms with Gasteiger partial charge in [-0.15, -0.1) is 0 Å². The first-order valence-corrected chi connectivity index (χ1v) is 12.3. The third-order valence-electron chi connectivity index (χ3n) is 5.10. The Labute approximate surface area is 225 Å². The van der Waals surface area contributed by atoms with Crippen LogP contribution in [-0.2, 0) is 16.2 Å². The third-order valence-corrected chi connectivity index (χ3v) is 6.18. The Morgan fingerprint density at radius 3 is 2.42 bits per heavy atom. The molecule has 4 rings (SSSR count). The number of halogens is 3. The largest absolute Gasteiger partial charge is 0.490 e. The molecule has 0 saturated carbocycles. The Hall–Kier alpha value is -3.33. The summed E-state index contributed by atoms with van der Waals surface area (Å²) in [5.74, 6) is -0.696. The van der Waals surface area contributed by atoms with E-state index in [0.29, 0.717) is 38.2 Å². The summed E-state index contributed by atoms with van der Waals surface area (Å²) in [6, 6.07) is 15.9. The molecule has 36 heavy (non-hydrogen) atoms. The van der Waals surface area contributed by atoms with Gasteiger partial charge in [-0.2, -0.15) is 0 Å². The van der Waals surface area contributed by atoms with Gasteiger partial charge in [0.15, 0.2) is 11.5 Å². The van der Waals surface area contributed by atoms with Crippen molar-refractivity contribution < 1.29 is 23.9 Å². The first-order chi connectivity index (χ1) is 17.3. The van der Waals surface area contributed by atoms with Crippen molar-refractivity contribution in [1.82, 2.24) is 5.32 Å². The van der Waals surface area contributed by atoms with Crippen LogP contribution in [0.5, 0.6) is 11.5 Å². The monoisotopic (exact) mass is 588 g/mol. The molecule has 1 aliphatic rings. The lowest BCUT2D eigenvalue weighted by Crippen LogP contribution is -2.54. The lowest BCUT2D eigenvalue weighted by molar-refractivity contribution is -0.122. The average Bonchev–Trinajstić information content (AvgIpc) is 2.82. The van der Waals surface area contributed by atoms with Crippen LogP contribution in [0.4, 0.5) is 10.5 Å². The minimum absolute atomic E-state index is 0.216. The lowest BCUT2D eigenvalue weighted by atomic mass is 10.1. The summed E-state index contributed by atoms with van der Waals surface area (Å²) in [6.45, 7) is 2.44. The predicted molar refractivity (Wildman–Crippen MR) is 142 cm³/mol. The van der Waals surface area contributed by atoms with Gasteiger partial charge in [0.1, 0.15) is 12.2 Å². The van der Waals surface area contributed by atoms with Crippen molar-refractivity contribution in [2.75, 3.05) is 11.5 Å². The van der Waals surface area contributed by atoms with E-state index in [2.05, 4.69) is 21.2 Å². The number of benzene rings is 3. The first kappa shape index (κ1) is 25.8. The summed E-state index contributed by atoms with van der Waals surface area (Å²) in [4.78, 5) is 39.0. The number of carbonyl (C=O) groups is 3. The van der Waals surface area contributed by atoms with Gasteiger partial charge in [0.05, 0.1) is 16.8 Å². The Morgan fingerprint density at radius 2 is 1.72 bits per heavy atom. The number of hydrogen-bond acceptors (Lipinski definition) is 5. The molecule has 3 aromatic rings. The molecule has 0 spiro atoms. The predicted octanol–water partition coefficient (Wildman–Crippen LogP) is 6.40. The molecule has 1 aliphatic heterocycles. The van der Waals surface area contributed by atoms with Crippen molar-refractivity contribution in [2.24, 2.45) is 0 Å². The minimum atomic E-state index is -0.842. The lowest BCUT2D eigenvalue weighted by Gasteiger charge is -2.26. The van der Waals surface area contributed by atoms with Crippen molar-refractivity contribution in [3.63, 3.8) is 0 Å². The molecular weight excluding hydrogens is 571 g/mol. The van der Waals surface area contributed by atoms with Crippen LogP contribution in [0, 0.1) is 0 Å². The summed E-state index contributed by atoms with van der Waals surface area (Å²) >= 11 is 15.5. The number of urea groups is 1. The zero-order valence-electron chi connectivity index (χ0n) is 18.9. The Morgan fingerprint density at radius 1 is 0.972 bits per heavy atom. The normalized spacial score (nSPS) is 14.7. The molecule has 1 fully saturated rings. The van der Waals surface area contributed by atoms with Crippen LogP contribution in [-0.4, -0.2) is 24.5 Å². The van der Waals surface area contributed by atoms with Crippen molar-refractivity contribution in [1.29, 1.82) is 0 Å². The molecule has 1 heterocycles. The summed E-state index contributed by atoms with van der Waals surface area (Å²) in [5.41, 5.74) is 1.43. The van der Waals surface area contributed by atoms with E-state index in [1.165, 1.54) is 18.2 Å². The number of amides is 4. The molecule has 0 bridgehead atoms. The fourth-order valence-electron chi connectivity index (χ4n) is 3.51. The molecule has 1 N–H and O–H groups in total. The molecule has 184 valence electrons. The number of imide groups is 2. The maximum atomic E-state index is 13.1. The number of anilines is 1. The molecule has 0 unspecified atom stereocenters. The van der Waals surface area contributed by atoms with Crippen molar-refractivity contribution >= 4 is 68.7 Å². The van der Waals surface area contributed by atoms with Crippen LogP contribution in [0.3, 0.4) is 0 Å². The summed E-state index contributed by atoms with van der Waals surface area (Å²) in [6.07, 6.45) is 1.39. The minimum Gasteiger partial charge on any atom is -0.490 e. The smallest absolute Gasteiger partial charge is 0.335 e. The maximum Gasteiger partial charge on any atom is 0.335 e. The molecule has 0 aliphatic carbocycles. The second-order valence-electron chi connectivity index (χ2n) is 7.62. The Kier molecular flexibility index (Phi) is 7.98. The zero-order chi connectivity index (χ0) is 25.8. The van der Waals surface area contributed by atoms with Crippen LogP contribution in [0.1, 0.15) is 18.1 Å². The summed E-state index contributed by atoms with van der Waals surface area (Å²) < 4.78 is 12.3. The van der Waals surface area contributed by atoms with E-state index in [4.69, 9.17) is 32.7 Å². The number of nitrogens with zero attached hydrogens (tertiary/aromatic N) is 1. The van der Waals surface area contributed by atoms with Gasteiger partial charge in [0.25, 0.3) is 11.8 Å². The number of barbiturate groups is 1. The van der Waals surface area contributed by atoms with E-state index >= 15 is 0 Å². The van der Waals surface area contributed by atoms with Gasteiger partial charge in [-0.25, -0.2) is 9.69 Å². The molecule has 0 aromatic heterocycles. The molecule has 7 nitrogen and oxygen atoms in total. The van der Waals surface area contributed by atoms with Gasteiger partial charge >= 0.3 is 6.03 Å². The van der Waals surface area contributed by atoms with Gasteiger partial charge in [-0.05, 0) is 88.6 Å². The van der Waals surface area contributed by atoms with E-state index in [0.717, 1.165) is 10.5 Å². The molecule has 10 heteroatoms. The Bertz CT molecular complexity index is 1380. The Balaban J connectivity index is 1.65. The number of rotatable bonds is 7. The number of nitrogens with one attached hydrogen (secondary N) is 1. The van der Waals surface area contributed by atoms with Crippen molar-refractivity contribution in [3.05, 3.63) is 91.9 Å². The van der Waals surface area contributed by atoms with Crippen LogP contribution in [0.15, 0.2) is 70.7 Å². The van der Waals surface area contributed by atoms with E-state index in [-0.39, 0.29) is 17.9 Å². The highest BCUT2D eigenvalue weighted by molar-refractivity contribution is 9.10. The average molecular weight is 590 g/mol. The molecule has 1 saturated heterocycles. The van der Waals surface area contributed by atoms with E-state index in [1.54, 1.807) is 36.4 Å². The second-order valence-corrected chi connectivity index (χ2v) is 9.34. The fourth-order valence-corrected chi connectivity index (χ4v) is 4.42. The second kappa shape index (κ2) is 11.2. The summed E-state index contributed by atoms with van der Waals surface area (Å²) in [7, 11) is 0. The van der Waals surface area contributed by atoms with Crippen molar-refractivity contribution in [2.45, 2.75) is 13.5 Å². The van der Waals surface area contributed by atoms with Crippen LogP contribution in [0.25, 0.3) is 6.08 Å². The van der Waals surface area contributed by atoms with Crippen LogP contribution < -0.4 is 19.7 Å². The molecular formula is C26H19BrCl2N2O5. The van der Waals surface area contributed by atoms with Crippen LogP contribution >= 0.6 is 39.1 Å². The van der Waals surface area contributed by atoms with Gasteiger partial charge in [0, 0.05) is 10.0 Å². The van der Waals surface area contributed by atoms with Gasteiger partial charge in [-0.1, -0.05) is 35.3 Å². The van der Waals surface area contributed by atoms with E-state index < -0.39 is 17.8 Å². The fraction of sp³-hybridized carbons (Fsp3) is 0.115. The van der Waals surface area contributed by atoms with E-state index in [1.807, 2.05) is 19.1 Å². The number of carbonyl (C=O) groups excluding carboxylic acids is 3. The standard InChI is InChI=1S/C26H19BrCl2N2O5/c1-2-35-22-13-16(12-21(27)23(22)36-14-15-4-3-5-18(29)10-15)11-20-24(32)30-26(34)31(25(20)33)19-8-6-17(28)7-9-19/h3-13H,2,14H2,1H3,(H,30,32,34)/b20-11+. The topological polar surface area (TPSA) is 84.9 Å². The quantitative estimate of drug-likeness (QED) is 0.255. The highest BCUT2D eigenvalue weighted by Crippen LogP contribution is 2.38. The third kappa shape index (κ3) is 5.73. The maximum absolute atomic E-state index is 13.1. The number of ether oxygens (including phenoxy) is 2. The zero-order valence-corrected chi connectivity index (χ0v) is 22.0. The molecule has 3 aromatic carbocycles. The highest BCUT2D eigenvalue weighted by atomic mass is 79.9. The van der Waals surface area contributed by atoms with Crippen LogP contribution in [0.2, 0.25) is 10.0 Å². The van der Waals surface area contributed by atoms with Gasteiger partial charge < -0.3 is 9.47 Å². The van der Waals surface area contributed by atoms with Gasteiger partial charge in [-0.3, -0.25) is 14.9 Å². The highest BCUT2D eigenvalue weighted by Gasteiger charge is 2.36. The number of hydrogen-bond donors (Lipinski definition) is 1. The van der Waals surface area contributed by atoms with Gasteiger partial charge in [0.2, 0.25) is 0 Å². The van der Waals surface area contributed by atoms with E-state index in [9.17, 15) is 14.4 Å². The summed E-state index contributed by atoms with van der Waals surface area (Å²) in [5, 5.41) is 3.25. The molecule has 0 atom stereocenters. The molecule has 0 radical (unpaired) electrons. The van der Waals surface area contributed by atoms with Crippen molar-refractivity contribution in [3.8, 4) is 11.5 Å². The first-order valence-electron chi connectivity index (χ1n) is 10.8. The molecule has 4 amide bonds. The SMILES string of the molecule is CCOc1cc(/C=C2\C(=O)NC(=O)N(c3ccc(Cl)cc3)C2=O)cc(Br)c1OCc1cccc(Cl)c1.